The van der Waals surface area contributed by atoms with Crippen molar-refractivity contribution in [1.29, 1.82) is 0 Å². The number of carbonyl (C=O) groups excluding carboxylic acids is 2. The van der Waals surface area contributed by atoms with Crippen molar-refractivity contribution in [2.75, 3.05) is 0 Å². The van der Waals surface area contributed by atoms with Crippen molar-refractivity contribution in [3.8, 4) is 0 Å². The van der Waals surface area contributed by atoms with Crippen LogP contribution in [0.3, 0.4) is 0 Å². The minimum Gasteiger partial charge on any atom is -0.477 e. The Morgan fingerprint density at radius 1 is 1.35 bits per heavy atom. The minimum atomic E-state index is -0.979. The van der Waals surface area contributed by atoms with Gasteiger partial charge in [-0.05, 0) is 24.0 Å². The van der Waals surface area contributed by atoms with Gasteiger partial charge in [-0.15, -0.1) is 11.3 Å². The zero-order valence-corrected chi connectivity index (χ0v) is 12.3. The van der Waals surface area contributed by atoms with Crippen molar-refractivity contribution < 1.29 is 19.5 Å². The van der Waals surface area contributed by atoms with Gasteiger partial charge in [-0.25, -0.2) is 4.79 Å². The molecule has 1 N–H and O–H groups in total. The largest absolute Gasteiger partial charge is 0.477 e. The Bertz CT molecular complexity index is 622. The summed E-state index contributed by atoms with van der Waals surface area (Å²) in [6, 6.07) is 1.55. The summed E-state index contributed by atoms with van der Waals surface area (Å²) in [7, 11) is 0. The molecule has 3 rings (SSSR count). The molecule has 2 fully saturated rings. The summed E-state index contributed by atoms with van der Waals surface area (Å²) in [5.74, 6) is -1.59. The van der Waals surface area contributed by atoms with E-state index in [0.29, 0.717) is 0 Å². The molecule has 2 atom stereocenters. The number of carboxylic acid groups (broad SMARTS) is 1. The maximum Gasteiger partial charge on any atom is 0.345 e. The summed E-state index contributed by atoms with van der Waals surface area (Å²) in [6.07, 6.45) is 0. The van der Waals surface area contributed by atoms with Crippen molar-refractivity contribution in [2.24, 2.45) is 17.3 Å². The molecule has 20 heavy (non-hydrogen) atoms. The van der Waals surface area contributed by atoms with E-state index >= 15 is 0 Å². The Morgan fingerprint density at radius 3 is 2.35 bits per heavy atom. The number of likely N-dealkylation sites (tertiary alicyclic amines) is 1. The number of piperidine rings is 1. The van der Waals surface area contributed by atoms with E-state index in [9.17, 15) is 14.4 Å². The van der Waals surface area contributed by atoms with E-state index in [2.05, 4.69) is 0 Å². The topological polar surface area (TPSA) is 74.7 Å². The van der Waals surface area contributed by atoms with Gasteiger partial charge < -0.3 is 5.11 Å². The molecule has 1 aromatic rings. The number of thiophene rings is 1. The zero-order chi connectivity index (χ0) is 14.8. The smallest absolute Gasteiger partial charge is 0.345 e. The summed E-state index contributed by atoms with van der Waals surface area (Å²) in [6.45, 7) is 5.88. The molecule has 0 spiro atoms. The van der Waals surface area contributed by atoms with E-state index < -0.39 is 5.97 Å². The van der Waals surface area contributed by atoms with Crippen LogP contribution in [-0.2, 0) is 16.1 Å². The lowest BCUT2D eigenvalue weighted by atomic mass is 10.1. The van der Waals surface area contributed by atoms with E-state index in [1.807, 2.05) is 20.8 Å². The third kappa shape index (κ3) is 1.64. The Hall–Kier alpha value is -1.69. The predicted octanol–water partition coefficient (Wildman–Crippen LogP) is 1.90. The number of carboxylic acids is 1. The number of hydrogen-bond acceptors (Lipinski definition) is 4. The van der Waals surface area contributed by atoms with E-state index in [0.717, 1.165) is 10.4 Å². The second-order valence-electron chi connectivity index (χ2n) is 6.04. The Morgan fingerprint density at radius 2 is 1.90 bits per heavy atom. The lowest BCUT2D eigenvalue weighted by molar-refractivity contribution is -0.143. The fourth-order valence-electron chi connectivity index (χ4n) is 3.11. The van der Waals surface area contributed by atoms with E-state index in [1.54, 1.807) is 6.07 Å². The summed E-state index contributed by atoms with van der Waals surface area (Å²) in [5.41, 5.74) is 0.536. The second-order valence-corrected chi connectivity index (χ2v) is 7.29. The quantitative estimate of drug-likeness (QED) is 0.864. The van der Waals surface area contributed by atoms with Gasteiger partial charge in [-0.3, -0.25) is 14.5 Å². The van der Waals surface area contributed by atoms with Crippen LogP contribution in [0.15, 0.2) is 6.07 Å². The van der Waals surface area contributed by atoms with Gasteiger partial charge in [0.1, 0.15) is 4.88 Å². The molecule has 1 saturated heterocycles. The number of amides is 2. The van der Waals surface area contributed by atoms with Gasteiger partial charge in [0.25, 0.3) is 0 Å². The average Bonchev–Trinajstić information content (AvgIpc) is 2.62. The maximum absolute atomic E-state index is 12.2. The van der Waals surface area contributed by atoms with Crippen molar-refractivity contribution in [2.45, 2.75) is 27.3 Å². The molecule has 1 saturated carbocycles. The van der Waals surface area contributed by atoms with Gasteiger partial charge in [0.2, 0.25) is 11.8 Å². The van der Waals surface area contributed by atoms with Crippen LogP contribution in [0.2, 0.25) is 0 Å². The van der Waals surface area contributed by atoms with Gasteiger partial charge in [-0.2, -0.15) is 0 Å². The van der Waals surface area contributed by atoms with Crippen LogP contribution in [0.1, 0.15) is 34.0 Å². The van der Waals surface area contributed by atoms with Crippen LogP contribution in [0.4, 0.5) is 0 Å². The lowest BCUT2D eigenvalue weighted by Crippen LogP contribution is -2.35. The van der Waals surface area contributed by atoms with Crippen molar-refractivity contribution in [3.63, 3.8) is 0 Å². The first-order chi connectivity index (χ1) is 9.25. The van der Waals surface area contributed by atoms with Crippen molar-refractivity contribution >= 4 is 29.1 Å². The number of aromatic carboxylic acids is 1. The molecule has 0 radical (unpaired) electrons. The minimum absolute atomic E-state index is 0.118. The monoisotopic (exact) mass is 293 g/mol. The Balaban J connectivity index is 1.82. The van der Waals surface area contributed by atoms with Crippen LogP contribution >= 0.6 is 11.3 Å². The highest BCUT2D eigenvalue weighted by molar-refractivity contribution is 7.14. The molecule has 1 aliphatic carbocycles. The first-order valence-corrected chi connectivity index (χ1v) is 7.24. The maximum atomic E-state index is 12.2. The van der Waals surface area contributed by atoms with Crippen LogP contribution in [-0.4, -0.2) is 27.8 Å². The van der Waals surface area contributed by atoms with Crippen LogP contribution < -0.4 is 0 Å². The van der Waals surface area contributed by atoms with Crippen LogP contribution in [0.25, 0.3) is 0 Å². The number of fused-ring (bicyclic) bond motifs is 1. The van der Waals surface area contributed by atoms with Gasteiger partial charge in [-0.1, -0.05) is 13.8 Å². The predicted molar refractivity (Wildman–Crippen MR) is 72.3 cm³/mol. The highest BCUT2D eigenvalue weighted by Crippen LogP contribution is 2.63. The summed E-state index contributed by atoms with van der Waals surface area (Å²) in [5, 5.41) is 8.97. The number of aryl methyl sites for hydroxylation is 1. The number of imide groups is 1. The van der Waals surface area contributed by atoms with Gasteiger partial charge in [0.05, 0.1) is 18.4 Å². The van der Waals surface area contributed by atoms with Crippen LogP contribution in [0, 0.1) is 24.2 Å². The molecule has 2 aliphatic rings. The molecule has 2 heterocycles. The molecular formula is C14H15NO4S. The lowest BCUT2D eigenvalue weighted by Gasteiger charge is -2.20. The van der Waals surface area contributed by atoms with Gasteiger partial charge in [0, 0.05) is 4.88 Å². The van der Waals surface area contributed by atoms with Gasteiger partial charge >= 0.3 is 5.97 Å². The molecule has 1 aromatic heterocycles. The third-order valence-corrected chi connectivity index (χ3v) is 5.53. The standard InChI is InChI=1S/C14H15NO4S/c1-6-7(4-8(20-6)13(18)19)5-15-11(16)9-10(12(15)17)14(9,2)3/h4,9-10H,5H2,1-3H3,(H,18,19). The SMILES string of the molecule is Cc1sc(C(=O)O)cc1CN1C(=O)C2C(C1=O)C2(C)C. The summed E-state index contributed by atoms with van der Waals surface area (Å²) < 4.78 is 0. The Kier molecular flexibility index (Phi) is 2.60. The van der Waals surface area contributed by atoms with E-state index in [-0.39, 0.29) is 40.5 Å². The van der Waals surface area contributed by atoms with Crippen LogP contribution in [0.5, 0.6) is 0 Å². The van der Waals surface area contributed by atoms with Crippen molar-refractivity contribution in [3.05, 3.63) is 21.4 Å². The molecule has 6 heteroatoms. The molecule has 5 nitrogen and oxygen atoms in total. The first-order valence-electron chi connectivity index (χ1n) is 6.43. The molecule has 1 aliphatic heterocycles. The molecule has 2 unspecified atom stereocenters. The average molecular weight is 293 g/mol. The number of carbonyl (C=O) groups is 3. The zero-order valence-electron chi connectivity index (χ0n) is 11.5. The molecule has 0 aromatic carbocycles. The molecule has 0 bridgehead atoms. The molecule has 106 valence electrons. The van der Waals surface area contributed by atoms with Crippen molar-refractivity contribution in [1.82, 2.24) is 4.90 Å². The fraction of sp³-hybridized carbons (Fsp3) is 0.500. The number of rotatable bonds is 3. The van der Waals surface area contributed by atoms with E-state index in [4.69, 9.17) is 5.11 Å². The van der Waals surface area contributed by atoms with Gasteiger partial charge in [0.15, 0.2) is 0 Å². The summed E-state index contributed by atoms with van der Waals surface area (Å²) >= 11 is 1.17. The van der Waals surface area contributed by atoms with E-state index in [1.165, 1.54) is 16.2 Å². The second kappa shape index (κ2) is 3.91. The number of nitrogens with zero attached hydrogens (tertiary/aromatic N) is 1. The first kappa shape index (κ1) is 13.3. The highest BCUT2D eigenvalue weighted by Gasteiger charge is 2.72. The molecule has 2 amide bonds. The number of hydrogen-bond donors (Lipinski definition) is 1. The fourth-order valence-corrected chi connectivity index (χ4v) is 3.99. The third-order valence-electron chi connectivity index (χ3n) is 4.45. The highest BCUT2D eigenvalue weighted by atomic mass is 32.1. The molecular weight excluding hydrogens is 278 g/mol. The normalized spacial score (nSPS) is 26.9. The Labute approximate surface area is 120 Å². The summed E-state index contributed by atoms with van der Waals surface area (Å²) in [4.78, 5) is 37.7.